The molecular weight excluding hydrogens is 258 g/mol. The molecule has 2 heterocycles. The van der Waals surface area contributed by atoms with E-state index in [-0.39, 0.29) is 0 Å². The Kier molecular flexibility index (Phi) is 4.35. The first-order chi connectivity index (χ1) is 9.17. The van der Waals surface area contributed by atoms with Gasteiger partial charge in [0.05, 0.1) is 0 Å². The van der Waals surface area contributed by atoms with Gasteiger partial charge in [0, 0.05) is 18.0 Å². The van der Waals surface area contributed by atoms with Crippen LogP contribution >= 0.6 is 11.3 Å². The normalized spacial score (nSPS) is 17.6. The quantitative estimate of drug-likeness (QED) is 0.840. The smallest absolute Gasteiger partial charge is 0.325 e. The van der Waals surface area contributed by atoms with Gasteiger partial charge in [0.25, 0.3) is 0 Å². The maximum Gasteiger partial charge on any atom is 0.325 e. The summed E-state index contributed by atoms with van der Waals surface area (Å²) in [5.74, 6) is -0.841. The highest BCUT2D eigenvalue weighted by Crippen LogP contribution is 2.27. The van der Waals surface area contributed by atoms with Crippen LogP contribution in [0.25, 0.3) is 0 Å². The van der Waals surface area contributed by atoms with Gasteiger partial charge in [-0.25, -0.2) is 0 Å². The molecule has 0 amide bonds. The lowest BCUT2D eigenvalue weighted by atomic mass is 10.0. The van der Waals surface area contributed by atoms with Crippen LogP contribution in [0.15, 0.2) is 48.4 Å². The molecule has 0 fully saturated rings. The van der Waals surface area contributed by atoms with E-state index in [1.807, 2.05) is 4.90 Å². The van der Waals surface area contributed by atoms with Gasteiger partial charge in [0.2, 0.25) is 0 Å². The van der Waals surface area contributed by atoms with Gasteiger partial charge in [0.15, 0.2) is 0 Å². The minimum absolute atomic E-state index is 0.649. The molecular formula is C15H17NO2S. The maximum absolute atomic E-state index is 11.6. The van der Waals surface area contributed by atoms with E-state index >= 15 is 0 Å². The molecule has 100 valence electrons. The molecule has 0 spiro atoms. The maximum atomic E-state index is 11.6. The number of rotatable bonds is 5. The van der Waals surface area contributed by atoms with Gasteiger partial charge in [-0.3, -0.25) is 9.69 Å². The highest BCUT2D eigenvalue weighted by atomic mass is 32.1. The molecule has 0 aliphatic carbocycles. The Morgan fingerprint density at radius 1 is 1.53 bits per heavy atom. The molecule has 0 bridgehead atoms. The van der Waals surface area contributed by atoms with Gasteiger partial charge in [-0.15, -0.1) is 11.3 Å². The molecule has 3 nitrogen and oxygen atoms in total. The van der Waals surface area contributed by atoms with Crippen molar-refractivity contribution in [2.24, 2.45) is 0 Å². The summed E-state index contributed by atoms with van der Waals surface area (Å²) in [5, 5.41) is 11.6. The summed E-state index contributed by atoms with van der Waals surface area (Å²) < 4.78 is 0. The molecule has 19 heavy (non-hydrogen) atoms. The first-order valence-electron chi connectivity index (χ1n) is 6.14. The first-order valence-corrected chi connectivity index (χ1v) is 7.02. The molecule has 2 rings (SSSR count). The molecule has 0 radical (unpaired) electrons. The van der Waals surface area contributed by atoms with E-state index in [1.165, 1.54) is 10.4 Å². The summed E-state index contributed by atoms with van der Waals surface area (Å²) in [6.45, 7) is 8.77. The van der Waals surface area contributed by atoms with E-state index < -0.39 is 12.0 Å². The van der Waals surface area contributed by atoms with Gasteiger partial charge in [-0.05, 0) is 29.0 Å². The van der Waals surface area contributed by atoms with Crippen molar-refractivity contribution in [3.8, 4) is 0 Å². The van der Waals surface area contributed by atoms with E-state index in [0.29, 0.717) is 12.1 Å². The van der Waals surface area contributed by atoms with Crippen molar-refractivity contribution in [1.29, 1.82) is 0 Å². The number of allylic oxidation sites excluding steroid dienone is 2. The fourth-order valence-corrected chi connectivity index (χ4v) is 3.30. The predicted octanol–water partition coefficient (Wildman–Crippen LogP) is 2.86. The topological polar surface area (TPSA) is 40.5 Å². The van der Waals surface area contributed by atoms with Crippen LogP contribution in [-0.4, -0.2) is 28.6 Å². The van der Waals surface area contributed by atoms with Crippen LogP contribution in [0.2, 0.25) is 0 Å². The fourth-order valence-electron chi connectivity index (χ4n) is 2.41. The van der Waals surface area contributed by atoms with Gasteiger partial charge in [0.1, 0.15) is 6.04 Å². The van der Waals surface area contributed by atoms with Crippen molar-refractivity contribution in [1.82, 2.24) is 4.90 Å². The van der Waals surface area contributed by atoms with Crippen molar-refractivity contribution >= 4 is 17.3 Å². The summed E-state index contributed by atoms with van der Waals surface area (Å²) in [7, 11) is 0. The summed E-state index contributed by atoms with van der Waals surface area (Å²) >= 11 is 1.75. The molecule has 1 aromatic heterocycles. The minimum Gasteiger partial charge on any atom is -0.480 e. The molecule has 1 N–H and O–H groups in total. The van der Waals surface area contributed by atoms with Crippen LogP contribution in [0.4, 0.5) is 0 Å². The summed E-state index contributed by atoms with van der Waals surface area (Å²) in [6, 6.07) is 1.43. The van der Waals surface area contributed by atoms with Crippen LogP contribution in [0.1, 0.15) is 10.4 Å². The number of carboxylic acids is 1. The summed E-state index contributed by atoms with van der Waals surface area (Å²) in [5.41, 5.74) is 1.92. The van der Waals surface area contributed by atoms with Crippen molar-refractivity contribution in [3.05, 3.63) is 58.8 Å². The standard InChI is InChI=1S/C15H17NO2S/c1-3-5-11(4-2)14(15(17)18)16-8-6-13-12(10-16)7-9-19-13/h3-5,7,9,14H,1-2,6,8,10H2,(H,17,18)/b11-5+. The number of hydrogen-bond donors (Lipinski definition) is 1. The van der Waals surface area contributed by atoms with Gasteiger partial charge in [-0.2, -0.15) is 0 Å². The lowest BCUT2D eigenvalue weighted by Crippen LogP contribution is -2.44. The molecule has 1 aliphatic rings. The summed E-state index contributed by atoms with van der Waals surface area (Å²) in [4.78, 5) is 14.9. The lowest BCUT2D eigenvalue weighted by Gasteiger charge is -2.32. The predicted molar refractivity (Wildman–Crippen MR) is 78.3 cm³/mol. The molecule has 1 atom stereocenters. The van der Waals surface area contributed by atoms with E-state index in [4.69, 9.17) is 0 Å². The number of carbonyl (C=O) groups is 1. The highest BCUT2D eigenvalue weighted by molar-refractivity contribution is 7.10. The third-order valence-electron chi connectivity index (χ3n) is 3.30. The molecule has 1 unspecified atom stereocenters. The Bertz CT molecular complexity index is 530. The largest absolute Gasteiger partial charge is 0.480 e. The number of thiophene rings is 1. The van der Waals surface area contributed by atoms with Crippen molar-refractivity contribution < 1.29 is 9.90 Å². The van der Waals surface area contributed by atoms with Crippen LogP contribution in [-0.2, 0) is 17.8 Å². The van der Waals surface area contributed by atoms with Crippen LogP contribution < -0.4 is 0 Å². The zero-order valence-corrected chi connectivity index (χ0v) is 11.5. The Hall–Kier alpha value is -1.65. The Balaban J connectivity index is 2.26. The molecule has 1 aliphatic heterocycles. The number of fused-ring (bicyclic) bond motifs is 1. The molecule has 1 aromatic rings. The number of nitrogens with zero attached hydrogens (tertiary/aromatic N) is 1. The Morgan fingerprint density at radius 2 is 2.32 bits per heavy atom. The fraction of sp³-hybridized carbons (Fsp3) is 0.267. The lowest BCUT2D eigenvalue weighted by molar-refractivity contribution is -0.142. The Labute approximate surface area is 117 Å². The van der Waals surface area contributed by atoms with Crippen LogP contribution in [0, 0.1) is 0 Å². The average molecular weight is 275 g/mol. The summed E-state index contributed by atoms with van der Waals surface area (Å²) in [6.07, 6.45) is 5.83. The molecule has 4 heteroatoms. The molecule has 0 saturated heterocycles. The average Bonchev–Trinajstić information content (AvgIpc) is 2.85. The number of hydrogen-bond acceptors (Lipinski definition) is 3. The van der Waals surface area contributed by atoms with Crippen molar-refractivity contribution in [2.75, 3.05) is 6.54 Å². The van der Waals surface area contributed by atoms with E-state index in [0.717, 1.165) is 13.0 Å². The first kappa shape index (κ1) is 13.8. The molecule has 0 aromatic carbocycles. The monoisotopic (exact) mass is 275 g/mol. The van der Waals surface area contributed by atoms with Crippen LogP contribution in [0.5, 0.6) is 0 Å². The van der Waals surface area contributed by atoms with E-state index in [9.17, 15) is 9.90 Å². The number of carboxylic acid groups (broad SMARTS) is 1. The second kappa shape index (κ2) is 5.99. The van der Waals surface area contributed by atoms with Gasteiger partial charge < -0.3 is 5.11 Å². The Morgan fingerprint density at radius 3 is 2.95 bits per heavy atom. The highest BCUT2D eigenvalue weighted by Gasteiger charge is 2.30. The van der Waals surface area contributed by atoms with E-state index in [1.54, 1.807) is 29.6 Å². The SMILES string of the molecule is C=C/C=C(\C=C)C(C(=O)O)N1CCc2sccc2C1. The van der Waals surface area contributed by atoms with Crippen LogP contribution in [0.3, 0.4) is 0 Å². The van der Waals surface area contributed by atoms with E-state index in [2.05, 4.69) is 24.6 Å². The molecule has 0 saturated carbocycles. The zero-order chi connectivity index (χ0) is 13.8. The third kappa shape index (κ3) is 2.85. The zero-order valence-electron chi connectivity index (χ0n) is 10.7. The van der Waals surface area contributed by atoms with Gasteiger partial charge >= 0.3 is 5.97 Å². The van der Waals surface area contributed by atoms with Gasteiger partial charge in [-0.1, -0.05) is 31.4 Å². The second-order valence-electron chi connectivity index (χ2n) is 4.44. The van der Waals surface area contributed by atoms with Crippen molar-refractivity contribution in [3.63, 3.8) is 0 Å². The van der Waals surface area contributed by atoms with Crippen molar-refractivity contribution in [2.45, 2.75) is 19.0 Å². The minimum atomic E-state index is -0.841. The number of aliphatic carboxylic acids is 1. The second-order valence-corrected chi connectivity index (χ2v) is 5.44. The third-order valence-corrected chi connectivity index (χ3v) is 4.32.